The quantitative estimate of drug-likeness (QED) is 0.456. The summed E-state index contributed by atoms with van der Waals surface area (Å²) in [4.78, 5) is 0. The van der Waals surface area contributed by atoms with Gasteiger partial charge in [-0.25, -0.2) is 8.78 Å². The highest BCUT2D eigenvalue weighted by Crippen LogP contribution is 2.48. The molecule has 0 amide bonds. The predicted molar refractivity (Wildman–Crippen MR) is 105 cm³/mol. The van der Waals surface area contributed by atoms with Gasteiger partial charge in [0.15, 0.2) is 0 Å². The van der Waals surface area contributed by atoms with Crippen LogP contribution in [0.1, 0.15) is 56.9 Å². The van der Waals surface area contributed by atoms with Crippen molar-refractivity contribution in [3.63, 3.8) is 0 Å². The molecule has 2 fully saturated rings. The fraction of sp³-hybridized carbons (Fsp3) is 0.500. The van der Waals surface area contributed by atoms with Gasteiger partial charge in [-0.1, -0.05) is 25.5 Å². The molecule has 0 bridgehead atoms. The molecule has 0 heterocycles. The lowest BCUT2D eigenvalue weighted by Gasteiger charge is -2.41. The van der Waals surface area contributed by atoms with Crippen molar-refractivity contribution in [3.05, 3.63) is 53.6 Å². The van der Waals surface area contributed by atoms with Crippen LogP contribution in [0.3, 0.4) is 0 Å². The third-order valence-corrected chi connectivity index (χ3v) is 6.79. The molecule has 0 saturated heterocycles. The topological polar surface area (TPSA) is 9.23 Å². The Labute approximate surface area is 173 Å². The number of hydrogen-bond acceptors (Lipinski definition) is 1. The van der Waals surface area contributed by atoms with Crippen LogP contribution in [0.15, 0.2) is 36.4 Å². The summed E-state index contributed by atoms with van der Waals surface area (Å²) in [5.74, 6) is 0.485. The molecule has 0 N–H and O–H groups in total. The molecule has 2 aliphatic rings. The van der Waals surface area contributed by atoms with Gasteiger partial charge in [0.05, 0.1) is 5.56 Å². The second-order valence-electron chi connectivity index (χ2n) is 8.88. The number of fused-ring (bicyclic) bond motifs is 1. The Morgan fingerprint density at radius 3 is 2.07 bits per heavy atom. The van der Waals surface area contributed by atoms with Crippen molar-refractivity contribution in [1.82, 2.24) is 0 Å². The van der Waals surface area contributed by atoms with E-state index < -0.39 is 23.7 Å². The van der Waals surface area contributed by atoms with Crippen molar-refractivity contribution in [1.29, 1.82) is 0 Å². The van der Waals surface area contributed by atoms with Gasteiger partial charge in [0, 0.05) is 0 Å². The minimum Gasteiger partial charge on any atom is -0.406 e. The molecule has 0 aliphatic heterocycles. The number of alkyl halides is 3. The normalized spacial score (nSPS) is 26.9. The molecule has 2 saturated carbocycles. The Morgan fingerprint density at radius 2 is 1.43 bits per heavy atom. The zero-order chi connectivity index (χ0) is 21.5. The second kappa shape index (κ2) is 8.20. The Hall–Kier alpha value is -2.11. The summed E-state index contributed by atoms with van der Waals surface area (Å²) in [5, 5.41) is 0. The van der Waals surface area contributed by atoms with Gasteiger partial charge in [-0.05, 0) is 91.2 Å². The summed E-state index contributed by atoms with van der Waals surface area (Å²) >= 11 is 0. The highest BCUT2D eigenvalue weighted by atomic mass is 19.4. The first kappa shape index (κ1) is 21.1. The summed E-state index contributed by atoms with van der Waals surface area (Å²) < 4.78 is 70.4. The smallest absolute Gasteiger partial charge is 0.406 e. The van der Waals surface area contributed by atoms with Gasteiger partial charge >= 0.3 is 6.36 Å². The molecule has 0 spiro atoms. The molecule has 6 heteroatoms. The number of ether oxygens (including phenoxy) is 1. The molecular formula is C24H25F5O. The summed E-state index contributed by atoms with van der Waals surface area (Å²) in [7, 11) is 0. The van der Waals surface area contributed by atoms with Gasteiger partial charge < -0.3 is 4.74 Å². The minimum absolute atomic E-state index is 0.153. The van der Waals surface area contributed by atoms with Crippen LogP contribution in [0, 0.1) is 29.4 Å². The molecule has 2 aliphatic carbocycles. The molecule has 2 aromatic carbocycles. The average molecular weight is 424 g/mol. The van der Waals surface area contributed by atoms with Crippen LogP contribution < -0.4 is 4.74 Å². The Balaban J connectivity index is 1.53. The highest BCUT2D eigenvalue weighted by molar-refractivity contribution is 5.66. The van der Waals surface area contributed by atoms with E-state index >= 15 is 0 Å². The first-order valence-electron chi connectivity index (χ1n) is 10.5. The molecule has 4 atom stereocenters. The van der Waals surface area contributed by atoms with Gasteiger partial charge in [-0.15, -0.1) is 13.2 Å². The van der Waals surface area contributed by atoms with Crippen LogP contribution in [0.25, 0.3) is 11.1 Å². The summed E-state index contributed by atoms with van der Waals surface area (Å²) in [6.45, 7) is 2.30. The van der Waals surface area contributed by atoms with Crippen LogP contribution in [0.2, 0.25) is 0 Å². The van der Waals surface area contributed by atoms with E-state index in [0.717, 1.165) is 43.2 Å². The third kappa shape index (κ3) is 4.62. The predicted octanol–water partition coefficient (Wildman–Crippen LogP) is 7.85. The van der Waals surface area contributed by atoms with E-state index in [0.29, 0.717) is 11.5 Å². The van der Waals surface area contributed by atoms with Crippen molar-refractivity contribution in [2.24, 2.45) is 17.8 Å². The Morgan fingerprint density at radius 1 is 0.833 bits per heavy atom. The maximum atomic E-state index is 14.9. The summed E-state index contributed by atoms with van der Waals surface area (Å²) in [6.07, 6.45) is 1.88. The monoisotopic (exact) mass is 424 g/mol. The molecule has 30 heavy (non-hydrogen) atoms. The summed E-state index contributed by atoms with van der Waals surface area (Å²) in [6, 6.07) is 7.37. The van der Waals surface area contributed by atoms with E-state index in [1.165, 1.54) is 43.5 Å². The summed E-state index contributed by atoms with van der Waals surface area (Å²) in [5.41, 5.74) is 0.636. The maximum absolute atomic E-state index is 14.9. The van der Waals surface area contributed by atoms with Crippen molar-refractivity contribution in [3.8, 4) is 16.9 Å². The van der Waals surface area contributed by atoms with E-state index in [1.807, 2.05) is 0 Å². The number of rotatable bonds is 3. The van der Waals surface area contributed by atoms with Crippen LogP contribution in [0.4, 0.5) is 22.0 Å². The van der Waals surface area contributed by atoms with E-state index in [2.05, 4.69) is 11.7 Å². The van der Waals surface area contributed by atoms with E-state index in [4.69, 9.17) is 0 Å². The first-order valence-corrected chi connectivity index (χ1v) is 10.5. The fourth-order valence-electron chi connectivity index (χ4n) is 5.35. The molecule has 2 aromatic rings. The number of halogens is 5. The molecule has 4 unspecified atom stereocenters. The van der Waals surface area contributed by atoms with Gasteiger partial charge in [0.25, 0.3) is 0 Å². The van der Waals surface area contributed by atoms with Crippen LogP contribution in [-0.4, -0.2) is 6.36 Å². The lowest BCUT2D eigenvalue weighted by atomic mass is 9.64. The minimum atomic E-state index is -4.81. The van der Waals surface area contributed by atoms with Gasteiger partial charge in [0.2, 0.25) is 0 Å². The van der Waals surface area contributed by atoms with Crippen molar-refractivity contribution < 1.29 is 26.7 Å². The van der Waals surface area contributed by atoms with Crippen molar-refractivity contribution in [2.45, 2.75) is 57.7 Å². The SMILES string of the molecule is CC1CCC2CC(c3cc(F)c(-c4ccc(OC(F)(F)F)cc4)c(F)c3)CCC2C1. The molecule has 4 rings (SSSR count). The molecule has 0 radical (unpaired) electrons. The first-order chi connectivity index (χ1) is 14.2. The second-order valence-corrected chi connectivity index (χ2v) is 8.88. The van der Waals surface area contributed by atoms with E-state index in [1.54, 1.807) is 0 Å². The van der Waals surface area contributed by atoms with Crippen molar-refractivity contribution >= 4 is 0 Å². The average Bonchev–Trinajstić information content (AvgIpc) is 2.67. The van der Waals surface area contributed by atoms with Gasteiger partial charge in [-0.3, -0.25) is 0 Å². The van der Waals surface area contributed by atoms with Gasteiger partial charge in [0.1, 0.15) is 17.4 Å². The lowest BCUT2D eigenvalue weighted by molar-refractivity contribution is -0.274. The maximum Gasteiger partial charge on any atom is 0.573 e. The molecule has 162 valence electrons. The molecular weight excluding hydrogens is 399 g/mol. The number of hydrogen-bond donors (Lipinski definition) is 0. The largest absolute Gasteiger partial charge is 0.573 e. The van der Waals surface area contributed by atoms with E-state index in [9.17, 15) is 22.0 Å². The van der Waals surface area contributed by atoms with Crippen LogP contribution in [0.5, 0.6) is 5.75 Å². The molecule has 0 aromatic heterocycles. The Kier molecular flexibility index (Phi) is 5.78. The van der Waals surface area contributed by atoms with Crippen molar-refractivity contribution in [2.75, 3.05) is 0 Å². The lowest BCUT2D eigenvalue weighted by Crippen LogP contribution is -2.29. The van der Waals surface area contributed by atoms with Crippen LogP contribution >= 0.6 is 0 Å². The standard InChI is InChI=1S/C24H25F5O/c1-14-2-3-17-11-18(5-4-16(17)10-14)19-12-21(25)23(22(26)13-19)15-6-8-20(9-7-15)30-24(27,28)29/h6-9,12-14,16-18H,2-5,10-11H2,1H3. The third-order valence-electron chi connectivity index (χ3n) is 6.79. The highest BCUT2D eigenvalue weighted by Gasteiger charge is 2.35. The van der Waals surface area contributed by atoms with E-state index in [-0.39, 0.29) is 17.0 Å². The fourth-order valence-corrected chi connectivity index (χ4v) is 5.35. The van der Waals surface area contributed by atoms with Crippen LogP contribution in [-0.2, 0) is 0 Å². The van der Waals surface area contributed by atoms with Gasteiger partial charge in [-0.2, -0.15) is 0 Å². The zero-order valence-corrected chi connectivity index (χ0v) is 16.8. The number of benzene rings is 2. The Bertz CT molecular complexity index is 866. The molecule has 1 nitrogen and oxygen atoms in total. The zero-order valence-electron chi connectivity index (χ0n) is 16.8.